The van der Waals surface area contributed by atoms with E-state index >= 15 is 0 Å². The highest BCUT2D eigenvalue weighted by molar-refractivity contribution is 5.38. The zero-order valence-electron chi connectivity index (χ0n) is 5.08. The summed E-state index contributed by atoms with van der Waals surface area (Å²) in [6.07, 6.45) is 6.63. The van der Waals surface area contributed by atoms with Crippen LogP contribution >= 0.6 is 0 Å². The van der Waals surface area contributed by atoms with Gasteiger partial charge >= 0.3 is 0 Å². The molecule has 0 spiro atoms. The molecule has 0 rings (SSSR count). The van der Waals surface area contributed by atoms with Crippen molar-refractivity contribution in [3.63, 3.8) is 0 Å². The monoisotopic (exact) mass is 99.0 g/mol. The summed E-state index contributed by atoms with van der Waals surface area (Å²) < 4.78 is 6.33. The van der Waals surface area contributed by atoms with Gasteiger partial charge in [-0.2, -0.15) is 0 Å². The Kier molecular flexibility index (Phi) is 2.88. The van der Waals surface area contributed by atoms with E-state index in [0.717, 1.165) is 0 Å². The van der Waals surface area contributed by atoms with Gasteiger partial charge < -0.3 is 0 Å². The lowest BCUT2D eigenvalue weighted by Gasteiger charge is -1.49. The van der Waals surface area contributed by atoms with Crippen molar-refractivity contribution in [3.05, 3.63) is 0 Å². The minimum absolute atomic E-state index is 1.85. The number of terminal acetylenes is 2. The Balaban J connectivity index is 3.90. The van der Waals surface area contributed by atoms with Gasteiger partial charge in [0.25, 0.3) is 0 Å². The van der Waals surface area contributed by atoms with Crippen LogP contribution in [0.15, 0.2) is 0 Å². The molecule has 0 bridgehead atoms. The fraction of sp³-hybridized carbons (Fsp3) is 0. The first-order valence-corrected chi connectivity index (χ1v) is 1.79. The second kappa shape index (κ2) is 5.24. The molecule has 0 radical (unpaired) electrons. The largest absolute Gasteiger partial charge is 0.125 e. The minimum Gasteiger partial charge on any atom is -0.106 e. The molecule has 0 saturated carbocycles. The zero-order chi connectivity index (χ0) is 6.95. The van der Waals surface area contributed by atoms with Crippen molar-refractivity contribution in [1.29, 1.82) is 0 Å². The van der Waals surface area contributed by atoms with Crippen molar-refractivity contribution >= 4 is 0 Å². The summed E-state index contributed by atoms with van der Waals surface area (Å²) in [4.78, 5) is 0. The highest BCUT2D eigenvalue weighted by Gasteiger charge is 1.48. The van der Waals surface area contributed by atoms with Crippen LogP contribution in [0.2, 0.25) is 0 Å². The summed E-state index contributed by atoms with van der Waals surface area (Å²) >= 11 is 0. The van der Waals surface area contributed by atoms with Gasteiger partial charge in [-0.05, 0) is 35.5 Å². The predicted octanol–water partition coefficient (Wildman–Crippen LogP) is 0.260. The van der Waals surface area contributed by atoms with Crippen LogP contribution in [0.5, 0.6) is 0 Å². The van der Waals surface area contributed by atoms with Crippen LogP contribution in [-0.2, 0) is 0 Å². The van der Waals surface area contributed by atoms with E-state index < -0.39 is 0 Å². The molecule has 0 saturated heterocycles. The standard InChI is InChI=1S/C8H2/c1-3-5-7-8-6-4-2/h1-2H/i1D. The second-order valence-electron chi connectivity index (χ2n) is 0.769. The molecule has 34 valence electrons. The van der Waals surface area contributed by atoms with Crippen LogP contribution < -0.4 is 0 Å². The molecule has 8 heavy (non-hydrogen) atoms. The molecule has 0 atom stereocenters. The lowest BCUT2D eigenvalue weighted by molar-refractivity contribution is 2.41. The average Bonchev–Trinajstić information content (AvgIpc) is 1.89. The maximum absolute atomic E-state index is 6.33. The molecule has 0 nitrogen and oxygen atoms in total. The Morgan fingerprint density at radius 1 is 1.00 bits per heavy atom. The fourth-order valence-corrected chi connectivity index (χ4v) is 0.130. The van der Waals surface area contributed by atoms with Crippen molar-refractivity contribution in [3.8, 4) is 48.3 Å². The van der Waals surface area contributed by atoms with E-state index in [4.69, 9.17) is 7.79 Å². The second-order valence-corrected chi connectivity index (χ2v) is 0.769. The fourth-order valence-electron chi connectivity index (χ4n) is 0.130. The maximum Gasteiger partial charge on any atom is 0.125 e. The molecule has 0 fully saturated rings. The SMILES string of the molecule is [2H]C#CC#CC#CC#C. The summed E-state index contributed by atoms with van der Waals surface area (Å²) in [7, 11) is 0. The van der Waals surface area contributed by atoms with Crippen molar-refractivity contribution in [2.24, 2.45) is 0 Å². The highest BCUT2D eigenvalue weighted by atomic mass is 13.5. The molecular formula is C8H2. The van der Waals surface area contributed by atoms with Gasteiger partial charge in [-0.1, -0.05) is 0 Å². The van der Waals surface area contributed by atoms with E-state index in [9.17, 15) is 0 Å². The third-order valence-corrected chi connectivity index (χ3v) is 0.322. The van der Waals surface area contributed by atoms with E-state index in [2.05, 4.69) is 35.5 Å². The summed E-state index contributed by atoms with van der Waals surface area (Å²) in [5.74, 6) is 13.5. The summed E-state index contributed by atoms with van der Waals surface area (Å²) in [5.41, 5.74) is 0. The van der Waals surface area contributed by atoms with Crippen molar-refractivity contribution < 1.29 is 1.37 Å². The first-order chi connectivity index (χ1) is 4.41. The van der Waals surface area contributed by atoms with Crippen LogP contribution in [0, 0.1) is 48.3 Å². The normalized spacial score (nSPS) is 4.12. The van der Waals surface area contributed by atoms with Gasteiger partial charge in [0.2, 0.25) is 0 Å². The molecule has 0 unspecified atom stereocenters. The quantitative estimate of drug-likeness (QED) is 0.382. The number of rotatable bonds is 0. The molecular weight excluding hydrogens is 96.1 g/mol. The third-order valence-electron chi connectivity index (χ3n) is 0.322. The molecule has 0 aromatic rings. The van der Waals surface area contributed by atoms with Gasteiger partial charge in [0.05, 0.1) is 0 Å². The van der Waals surface area contributed by atoms with Gasteiger partial charge in [0.1, 0.15) is 1.37 Å². The Morgan fingerprint density at radius 2 is 1.62 bits per heavy atom. The lowest BCUT2D eigenvalue weighted by atomic mass is 10.5. The van der Waals surface area contributed by atoms with Crippen LogP contribution in [0.1, 0.15) is 1.37 Å². The molecule has 0 amide bonds. The van der Waals surface area contributed by atoms with Gasteiger partial charge in [0.15, 0.2) is 0 Å². The molecule has 0 aliphatic rings. The molecule has 0 aliphatic heterocycles. The first kappa shape index (κ1) is 4.40. The smallest absolute Gasteiger partial charge is 0.106 e. The molecule has 0 heterocycles. The van der Waals surface area contributed by atoms with Gasteiger partial charge in [0, 0.05) is 0 Å². The van der Waals surface area contributed by atoms with Gasteiger partial charge in [-0.25, -0.2) is 0 Å². The van der Waals surface area contributed by atoms with Crippen molar-refractivity contribution in [1.82, 2.24) is 0 Å². The molecule has 0 aromatic heterocycles. The van der Waals surface area contributed by atoms with E-state index in [-0.39, 0.29) is 0 Å². The van der Waals surface area contributed by atoms with E-state index in [1.807, 2.05) is 6.40 Å². The Morgan fingerprint density at radius 3 is 2.12 bits per heavy atom. The van der Waals surface area contributed by atoms with Crippen LogP contribution in [0.3, 0.4) is 0 Å². The highest BCUT2D eigenvalue weighted by Crippen LogP contribution is 1.49. The maximum atomic E-state index is 6.33. The zero-order valence-corrected chi connectivity index (χ0v) is 4.08. The Hall–Kier alpha value is -1.76. The number of hydrogen-bond donors (Lipinski definition) is 0. The van der Waals surface area contributed by atoms with Crippen molar-refractivity contribution in [2.45, 2.75) is 0 Å². The molecule has 0 aliphatic carbocycles. The van der Waals surface area contributed by atoms with E-state index in [0.29, 0.717) is 0 Å². The third kappa shape index (κ3) is 4.24. The first-order valence-electron chi connectivity index (χ1n) is 2.29. The Labute approximate surface area is 50.7 Å². The molecule has 0 heteroatoms. The number of hydrogen-bond acceptors (Lipinski definition) is 0. The Bertz CT molecular complexity index is 285. The average molecular weight is 99.1 g/mol. The van der Waals surface area contributed by atoms with Crippen LogP contribution in [0.25, 0.3) is 0 Å². The van der Waals surface area contributed by atoms with Crippen LogP contribution in [-0.4, -0.2) is 0 Å². The van der Waals surface area contributed by atoms with E-state index in [1.54, 1.807) is 0 Å². The summed E-state index contributed by atoms with van der Waals surface area (Å²) in [6, 6.07) is 0. The minimum atomic E-state index is 1.85. The van der Waals surface area contributed by atoms with Crippen molar-refractivity contribution in [2.75, 3.05) is 0 Å². The lowest BCUT2D eigenvalue weighted by Crippen LogP contribution is -1.48. The molecule has 0 aromatic carbocycles. The topological polar surface area (TPSA) is 0 Å². The van der Waals surface area contributed by atoms with Gasteiger partial charge in [-0.3, -0.25) is 0 Å². The van der Waals surface area contributed by atoms with Crippen LogP contribution in [0.4, 0.5) is 0 Å². The van der Waals surface area contributed by atoms with E-state index in [1.165, 1.54) is 0 Å². The molecule has 0 N–H and O–H groups in total. The summed E-state index contributed by atoms with van der Waals surface area (Å²) in [5, 5.41) is 0. The predicted molar refractivity (Wildman–Crippen MR) is 33.2 cm³/mol. The summed E-state index contributed by atoms with van der Waals surface area (Å²) in [6.45, 7) is 0. The van der Waals surface area contributed by atoms with Gasteiger partial charge in [-0.15, -0.1) is 12.8 Å².